The maximum atomic E-state index is 10.7. The fourth-order valence-corrected chi connectivity index (χ4v) is 1.72. The molecule has 0 aliphatic rings. The molecule has 0 fully saturated rings. The summed E-state index contributed by atoms with van der Waals surface area (Å²) in [7, 11) is 0. The zero-order valence-electron chi connectivity index (χ0n) is 8.76. The van der Waals surface area contributed by atoms with Crippen molar-refractivity contribution in [1.82, 2.24) is 4.98 Å². The first-order valence-corrected chi connectivity index (χ1v) is 4.94. The average molecular weight is 195 g/mol. The van der Waals surface area contributed by atoms with Crippen molar-refractivity contribution < 1.29 is 9.90 Å². The lowest BCUT2D eigenvalue weighted by Crippen LogP contribution is -1.91. The minimum atomic E-state index is 0.239. The molecular formula is C11H17NO2. The molecule has 3 nitrogen and oxygen atoms in total. The lowest BCUT2D eigenvalue weighted by molar-refractivity contribution is 0.111. The molecule has 1 heterocycles. The highest BCUT2D eigenvalue weighted by atomic mass is 16.2. The van der Waals surface area contributed by atoms with Crippen molar-refractivity contribution in [3.63, 3.8) is 0 Å². The van der Waals surface area contributed by atoms with Gasteiger partial charge in [-0.25, -0.2) is 0 Å². The van der Waals surface area contributed by atoms with Crippen LogP contribution in [-0.2, 0) is 6.42 Å². The number of aromatic nitrogens is 1. The molecule has 0 bridgehead atoms. The summed E-state index contributed by atoms with van der Waals surface area (Å²) >= 11 is 0. The SMILES string of the molecule is Cc1[nH]c(C=O)c(C)c1CCCCO. The van der Waals surface area contributed by atoms with Gasteiger partial charge in [-0.2, -0.15) is 0 Å². The second-order valence-electron chi connectivity index (χ2n) is 3.57. The molecule has 0 saturated heterocycles. The molecule has 0 radical (unpaired) electrons. The van der Waals surface area contributed by atoms with Crippen molar-refractivity contribution in [3.8, 4) is 0 Å². The maximum absolute atomic E-state index is 10.7. The molecule has 14 heavy (non-hydrogen) atoms. The molecule has 0 spiro atoms. The first-order chi connectivity index (χ1) is 6.70. The van der Waals surface area contributed by atoms with Crippen LogP contribution in [0.5, 0.6) is 0 Å². The van der Waals surface area contributed by atoms with E-state index in [9.17, 15) is 4.79 Å². The smallest absolute Gasteiger partial charge is 0.166 e. The number of aldehydes is 1. The Labute approximate surface area is 84.2 Å². The van der Waals surface area contributed by atoms with Crippen LogP contribution in [0.2, 0.25) is 0 Å². The van der Waals surface area contributed by atoms with Crippen molar-refractivity contribution in [2.45, 2.75) is 33.1 Å². The summed E-state index contributed by atoms with van der Waals surface area (Å²) in [4.78, 5) is 13.7. The van der Waals surface area contributed by atoms with Crippen LogP contribution in [0.4, 0.5) is 0 Å². The van der Waals surface area contributed by atoms with Gasteiger partial charge >= 0.3 is 0 Å². The number of carbonyl (C=O) groups is 1. The van der Waals surface area contributed by atoms with Crippen LogP contribution < -0.4 is 0 Å². The number of hydrogen-bond acceptors (Lipinski definition) is 2. The number of H-pyrrole nitrogens is 1. The summed E-state index contributed by atoms with van der Waals surface area (Å²) in [5.41, 5.74) is 4.03. The third-order valence-electron chi connectivity index (χ3n) is 2.58. The van der Waals surface area contributed by atoms with Crippen molar-refractivity contribution in [2.24, 2.45) is 0 Å². The molecule has 0 atom stereocenters. The molecule has 0 saturated carbocycles. The van der Waals surface area contributed by atoms with Gasteiger partial charge < -0.3 is 10.1 Å². The first-order valence-electron chi connectivity index (χ1n) is 4.94. The molecule has 0 aromatic carbocycles. The number of nitrogens with one attached hydrogen (secondary N) is 1. The number of aliphatic hydroxyl groups is 1. The number of unbranched alkanes of at least 4 members (excludes halogenated alkanes) is 1. The van der Waals surface area contributed by atoms with E-state index in [1.54, 1.807) is 0 Å². The number of carbonyl (C=O) groups excluding carboxylic acids is 1. The summed E-state index contributed by atoms with van der Waals surface area (Å²) in [6.07, 6.45) is 3.58. The molecule has 1 rings (SSSR count). The Balaban J connectivity index is 2.75. The molecule has 2 N–H and O–H groups in total. The van der Waals surface area contributed by atoms with Crippen LogP contribution in [0, 0.1) is 13.8 Å². The van der Waals surface area contributed by atoms with Crippen LogP contribution >= 0.6 is 0 Å². The molecule has 0 aliphatic carbocycles. The van der Waals surface area contributed by atoms with Gasteiger partial charge in [0, 0.05) is 12.3 Å². The van der Waals surface area contributed by atoms with Crippen molar-refractivity contribution in [3.05, 3.63) is 22.5 Å². The molecule has 3 heteroatoms. The minimum absolute atomic E-state index is 0.239. The summed E-state index contributed by atoms with van der Waals surface area (Å²) in [6.45, 7) is 4.18. The highest BCUT2D eigenvalue weighted by Crippen LogP contribution is 2.18. The van der Waals surface area contributed by atoms with E-state index >= 15 is 0 Å². The highest BCUT2D eigenvalue weighted by Gasteiger charge is 2.09. The predicted octanol–water partition coefficient (Wildman–Crippen LogP) is 1.76. The van der Waals surface area contributed by atoms with Gasteiger partial charge in [-0.15, -0.1) is 0 Å². The maximum Gasteiger partial charge on any atom is 0.166 e. The number of aliphatic hydroxyl groups excluding tert-OH is 1. The number of rotatable bonds is 5. The Bertz CT molecular complexity index is 315. The van der Waals surface area contributed by atoms with Crippen LogP contribution in [-0.4, -0.2) is 23.0 Å². The Morgan fingerprint density at radius 2 is 2.07 bits per heavy atom. The lowest BCUT2D eigenvalue weighted by Gasteiger charge is -2.00. The fourth-order valence-electron chi connectivity index (χ4n) is 1.72. The second-order valence-corrected chi connectivity index (χ2v) is 3.57. The largest absolute Gasteiger partial charge is 0.396 e. The summed E-state index contributed by atoms with van der Waals surface area (Å²) in [6, 6.07) is 0. The molecule has 0 aliphatic heterocycles. The predicted molar refractivity (Wildman–Crippen MR) is 55.7 cm³/mol. The Hall–Kier alpha value is -1.09. The van der Waals surface area contributed by atoms with Gasteiger partial charge in [0.15, 0.2) is 6.29 Å². The van der Waals surface area contributed by atoms with Crippen LogP contribution in [0.15, 0.2) is 0 Å². The van der Waals surface area contributed by atoms with Crippen LogP contribution in [0.25, 0.3) is 0 Å². The quantitative estimate of drug-likeness (QED) is 0.555. The Kier molecular flexibility index (Phi) is 3.89. The van der Waals surface area contributed by atoms with Crippen LogP contribution in [0.3, 0.4) is 0 Å². The van der Waals surface area contributed by atoms with E-state index in [1.807, 2.05) is 13.8 Å². The van der Waals surface area contributed by atoms with Crippen molar-refractivity contribution in [1.29, 1.82) is 0 Å². The van der Waals surface area contributed by atoms with Gasteiger partial charge in [0.2, 0.25) is 0 Å². The topological polar surface area (TPSA) is 53.1 Å². The van der Waals surface area contributed by atoms with Gasteiger partial charge in [0.05, 0.1) is 5.69 Å². The van der Waals surface area contributed by atoms with E-state index in [4.69, 9.17) is 5.11 Å². The Morgan fingerprint density at radius 1 is 1.36 bits per heavy atom. The lowest BCUT2D eigenvalue weighted by atomic mass is 10.0. The molecule has 1 aromatic rings. The normalized spacial score (nSPS) is 10.5. The van der Waals surface area contributed by atoms with E-state index < -0.39 is 0 Å². The number of hydrogen-bond donors (Lipinski definition) is 2. The van der Waals surface area contributed by atoms with E-state index in [1.165, 1.54) is 5.56 Å². The van der Waals surface area contributed by atoms with Gasteiger partial charge in [-0.05, 0) is 44.2 Å². The molecule has 0 unspecified atom stereocenters. The standard InChI is InChI=1S/C11H17NO2/c1-8-10(5-3-4-6-13)9(2)12-11(8)7-14/h7,12-13H,3-6H2,1-2H3. The number of aryl methyl sites for hydroxylation is 1. The van der Waals surface area contributed by atoms with Crippen molar-refractivity contribution >= 4 is 6.29 Å². The van der Waals surface area contributed by atoms with Crippen LogP contribution in [0.1, 0.15) is 40.2 Å². The third-order valence-corrected chi connectivity index (χ3v) is 2.58. The zero-order chi connectivity index (χ0) is 10.6. The van der Waals surface area contributed by atoms with Gasteiger partial charge in [-0.3, -0.25) is 4.79 Å². The monoisotopic (exact) mass is 195 g/mol. The average Bonchev–Trinajstić information content (AvgIpc) is 2.45. The molecule has 78 valence electrons. The summed E-state index contributed by atoms with van der Waals surface area (Å²) in [5, 5.41) is 8.67. The van der Waals surface area contributed by atoms with Crippen molar-refractivity contribution in [2.75, 3.05) is 6.61 Å². The summed E-state index contributed by atoms with van der Waals surface area (Å²) < 4.78 is 0. The molecule has 1 aromatic heterocycles. The van der Waals surface area contributed by atoms with E-state index in [0.717, 1.165) is 36.8 Å². The van der Waals surface area contributed by atoms with Gasteiger partial charge in [0.25, 0.3) is 0 Å². The van der Waals surface area contributed by atoms with Gasteiger partial charge in [0.1, 0.15) is 0 Å². The summed E-state index contributed by atoms with van der Waals surface area (Å²) in [5.74, 6) is 0. The van der Waals surface area contributed by atoms with E-state index in [0.29, 0.717) is 5.69 Å². The third kappa shape index (κ3) is 2.23. The second kappa shape index (κ2) is 4.96. The molecule has 0 amide bonds. The van der Waals surface area contributed by atoms with E-state index in [-0.39, 0.29) is 6.61 Å². The molecular weight excluding hydrogens is 178 g/mol. The zero-order valence-corrected chi connectivity index (χ0v) is 8.76. The Morgan fingerprint density at radius 3 is 2.57 bits per heavy atom. The minimum Gasteiger partial charge on any atom is -0.396 e. The van der Waals surface area contributed by atoms with Gasteiger partial charge in [-0.1, -0.05) is 0 Å². The highest BCUT2D eigenvalue weighted by molar-refractivity contribution is 5.75. The first kappa shape index (κ1) is 11.0. The fraction of sp³-hybridized carbons (Fsp3) is 0.545. The van der Waals surface area contributed by atoms with E-state index in [2.05, 4.69) is 4.98 Å². The number of aromatic amines is 1.